The van der Waals surface area contributed by atoms with Crippen LogP contribution >= 0.6 is 11.3 Å². The van der Waals surface area contributed by atoms with Crippen molar-refractivity contribution in [2.75, 3.05) is 33.9 Å². The molecule has 2 rings (SSSR count). The Morgan fingerprint density at radius 1 is 1.67 bits per heavy atom. The molecule has 1 aromatic heterocycles. The van der Waals surface area contributed by atoms with Gasteiger partial charge in [-0.1, -0.05) is 6.07 Å². The molecule has 1 fully saturated rings. The Labute approximate surface area is 130 Å². The number of hydrogen-bond acceptors (Lipinski definition) is 5. The molecule has 0 aromatic carbocycles. The summed E-state index contributed by atoms with van der Waals surface area (Å²) in [4.78, 5) is 15.7. The van der Waals surface area contributed by atoms with Crippen LogP contribution in [0.3, 0.4) is 0 Å². The number of ether oxygens (including phenoxy) is 1. The Hall–Kier alpha value is -0.950. The standard InChI is InChI=1S/C15H25N3O2S/c1-18-7-3-5-11(14(18)13-6-4-8-21-13)9-17-15(19)12(16)10-20-2/h4,6,8,11-12,14H,3,5,7,9-10,16H2,1-2H3,(H,17,19). The van der Waals surface area contributed by atoms with Crippen molar-refractivity contribution < 1.29 is 9.53 Å². The van der Waals surface area contributed by atoms with Gasteiger partial charge in [-0.2, -0.15) is 0 Å². The summed E-state index contributed by atoms with van der Waals surface area (Å²) in [5.41, 5.74) is 5.75. The number of carbonyl (C=O) groups excluding carboxylic acids is 1. The fourth-order valence-corrected chi connectivity index (χ4v) is 3.98. The van der Waals surface area contributed by atoms with Gasteiger partial charge in [0.1, 0.15) is 6.04 Å². The van der Waals surface area contributed by atoms with Gasteiger partial charge in [0, 0.05) is 24.6 Å². The Bertz CT molecular complexity index is 438. The number of hydrogen-bond donors (Lipinski definition) is 2. The van der Waals surface area contributed by atoms with Crippen molar-refractivity contribution in [2.24, 2.45) is 11.7 Å². The number of amides is 1. The van der Waals surface area contributed by atoms with Crippen molar-refractivity contribution in [3.63, 3.8) is 0 Å². The molecule has 1 aromatic rings. The smallest absolute Gasteiger partial charge is 0.239 e. The molecule has 3 N–H and O–H groups in total. The third kappa shape index (κ3) is 4.26. The van der Waals surface area contributed by atoms with Crippen molar-refractivity contribution in [3.8, 4) is 0 Å². The molecule has 3 atom stereocenters. The van der Waals surface area contributed by atoms with Gasteiger partial charge < -0.3 is 15.8 Å². The summed E-state index contributed by atoms with van der Waals surface area (Å²) in [5.74, 6) is 0.302. The highest BCUT2D eigenvalue weighted by Gasteiger charge is 2.31. The van der Waals surface area contributed by atoms with Gasteiger partial charge in [-0.25, -0.2) is 0 Å². The molecule has 6 heteroatoms. The molecule has 0 aliphatic carbocycles. The summed E-state index contributed by atoms with van der Waals surface area (Å²) in [6.07, 6.45) is 2.30. The summed E-state index contributed by atoms with van der Waals surface area (Å²) in [6.45, 7) is 2.03. The van der Waals surface area contributed by atoms with Crippen molar-refractivity contribution in [1.82, 2.24) is 10.2 Å². The molecule has 118 valence electrons. The molecule has 0 spiro atoms. The van der Waals surface area contributed by atoms with Crippen LogP contribution in [0.2, 0.25) is 0 Å². The van der Waals surface area contributed by atoms with Crippen molar-refractivity contribution in [1.29, 1.82) is 0 Å². The second-order valence-corrected chi connectivity index (χ2v) is 6.63. The lowest BCUT2D eigenvalue weighted by Gasteiger charge is -2.39. The summed E-state index contributed by atoms with van der Waals surface area (Å²) in [5, 5.41) is 5.10. The third-order valence-electron chi connectivity index (χ3n) is 4.06. The van der Waals surface area contributed by atoms with Crippen LogP contribution in [0.25, 0.3) is 0 Å². The fourth-order valence-electron chi connectivity index (χ4n) is 3.00. The lowest BCUT2D eigenvalue weighted by atomic mass is 9.88. The van der Waals surface area contributed by atoms with Crippen LogP contribution in [0.15, 0.2) is 17.5 Å². The van der Waals surface area contributed by atoms with E-state index in [1.807, 2.05) is 0 Å². The van der Waals surface area contributed by atoms with Crippen LogP contribution in [-0.4, -0.2) is 50.7 Å². The number of likely N-dealkylation sites (tertiary alicyclic amines) is 1. The zero-order chi connectivity index (χ0) is 15.2. The van der Waals surface area contributed by atoms with E-state index in [1.54, 1.807) is 18.4 Å². The summed E-state index contributed by atoms with van der Waals surface area (Å²) in [7, 11) is 3.71. The molecule has 0 radical (unpaired) electrons. The highest BCUT2D eigenvalue weighted by Crippen LogP contribution is 2.36. The molecule has 0 bridgehead atoms. The Morgan fingerprint density at radius 2 is 2.48 bits per heavy atom. The van der Waals surface area contributed by atoms with E-state index in [9.17, 15) is 4.79 Å². The number of carbonyl (C=O) groups is 1. The van der Waals surface area contributed by atoms with Crippen LogP contribution in [0.5, 0.6) is 0 Å². The number of rotatable bonds is 6. The monoisotopic (exact) mass is 311 g/mol. The van der Waals surface area contributed by atoms with Crippen LogP contribution in [0, 0.1) is 5.92 Å². The first kappa shape index (κ1) is 16.4. The molecule has 5 nitrogen and oxygen atoms in total. The maximum atomic E-state index is 11.9. The van der Waals surface area contributed by atoms with Crippen LogP contribution in [0.4, 0.5) is 0 Å². The van der Waals surface area contributed by atoms with Gasteiger partial charge in [-0.3, -0.25) is 9.69 Å². The maximum Gasteiger partial charge on any atom is 0.239 e. The highest BCUT2D eigenvalue weighted by atomic mass is 32.1. The highest BCUT2D eigenvalue weighted by molar-refractivity contribution is 7.10. The van der Waals surface area contributed by atoms with E-state index < -0.39 is 6.04 Å². The number of nitrogens with two attached hydrogens (primary N) is 1. The molecule has 1 aliphatic rings. The number of nitrogens with zero attached hydrogens (tertiary/aromatic N) is 1. The summed E-state index contributed by atoms with van der Waals surface area (Å²) >= 11 is 1.79. The van der Waals surface area contributed by atoms with Gasteiger partial charge in [0.05, 0.1) is 6.61 Å². The van der Waals surface area contributed by atoms with Crippen LogP contribution in [0.1, 0.15) is 23.8 Å². The average Bonchev–Trinajstić information content (AvgIpc) is 2.98. The fraction of sp³-hybridized carbons (Fsp3) is 0.667. The van der Waals surface area contributed by atoms with Crippen molar-refractivity contribution in [3.05, 3.63) is 22.4 Å². The normalized spacial score (nSPS) is 24.7. The van der Waals surface area contributed by atoms with Crippen LogP contribution in [-0.2, 0) is 9.53 Å². The van der Waals surface area contributed by atoms with E-state index in [2.05, 4.69) is 34.8 Å². The Morgan fingerprint density at radius 3 is 3.14 bits per heavy atom. The second kappa shape index (κ2) is 7.89. The minimum absolute atomic E-state index is 0.130. The van der Waals surface area contributed by atoms with Crippen molar-refractivity contribution in [2.45, 2.75) is 24.9 Å². The number of piperidine rings is 1. The average molecular weight is 311 g/mol. The topological polar surface area (TPSA) is 67.6 Å². The molecule has 3 unspecified atom stereocenters. The van der Waals surface area contributed by atoms with Gasteiger partial charge in [0.25, 0.3) is 0 Å². The van der Waals surface area contributed by atoms with E-state index >= 15 is 0 Å². The van der Waals surface area contributed by atoms with E-state index in [-0.39, 0.29) is 12.5 Å². The van der Waals surface area contributed by atoms with Crippen molar-refractivity contribution >= 4 is 17.2 Å². The van der Waals surface area contributed by atoms with E-state index in [1.165, 1.54) is 11.3 Å². The molecule has 0 saturated carbocycles. The van der Waals surface area contributed by atoms with Gasteiger partial charge in [-0.15, -0.1) is 11.3 Å². The van der Waals surface area contributed by atoms with Crippen LogP contribution < -0.4 is 11.1 Å². The second-order valence-electron chi connectivity index (χ2n) is 5.65. The SMILES string of the molecule is COCC(N)C(=O)NCC1CCCN(C)C1c1cccs1. The molecule has 21 heavy (non-hydrogen) atoms. The largest absolute Gasteiger partial charge is 0.383 e. The molecular weight excluding hydrogens is 286 g/mol. The van der Waals surface area contributed by atoms with E-state index in [0.29, 0.717) is 18.5 Å². The minimum Gasteiger partial charge on any atom is -0.383 e. The Balaban J connectivity index is 1.95. The summed E-state index contributed by atoms with van der Waals surface area (Å²) in [6, 6.07) is 4.07. The van der Waals surface area contributed by atoms with Gasteiger partial charge in [0.2, 0.25) is 5.91 Å². The lowest BCUT2D eigenvalue weighted by molar-refractivity contribution is -0.123. The first-order chi connectivity index (χ1) is 10.1. The quantitative estimate of drug-likeness (QED) is 0.829. The lowest BCUT2D eigenvalue weighted by Crippen LogP contribution is -2.47. The first-order valence-corrected chi connectivity index (χ1v) is 8.27. The molecule has 1 saturated heterocycles. The van der Waals surface area contributed by atoms with Gasteiger partial charge in [-0.05, 0) is 43.8 Å². The molecule has 1 amide bonds. The number of methoxy groups -OCH3 is 1. The zero-order valence-electron chi connectivity index (χ0n) is 12.7. The molecule has 2 heterocycles. The number of nitrogens with one attached hydrogen (secondary N) is 1. The van der Waals surface area contributed by atoms with Gasteiger partial charge >= 0.3 is 0 Å². The Kier molecular flexibility index (Phi) is 6.17. The predicted molar refractivity (Wildman–Crippen MR) is 85.3 cm³/mol. The van der Waals surface area contributed by atoms with E-state index in [0.717, 1.165) is 13.0 Å². The molecular formula is C15H25N3O2S. The summed E-state index contributed by atoms with van der Waals surface area (Å²) < 4.78 is 4.92. The third-order valence-corrected chi connectivity index (χ3v) is 5.01. The zero-order valence-corrected chi connectivity index (χ0v) is 13.6. The maximum absolute atomic E-state index is 11.9. The first-order valence-electron chi connectivity index (χ1n) is 7.39. The molecule has 1 aliphatic heterocycles. The number of thiophene rings is 1. The predicted octanol–water partition coefficient (Wildman–Crippen LogP) is 1.22. The van der Waals surface area contributed by atoms with E-state index in [4.69, 9.17) is 10.5 Å². The minimum atomic E-state index is -0.587. The van der Waals surface area contributed by atoms with Gasteiger partial charge in [0.15, 0.2) is 0 Å².